The molecule has 1 aromatic rings. The van der Waals surface area contributed by atoms with E-state index < -0.39 is 0 Å². The number of hydrogen-bond donors (Lipinski definition) is 1. The second-order valence-corrected chi connectivity index (χ2v) is 5.57. The van der Waals surface area contributed by atoms with Crippen LogP contribution in [0, 0.1) is 23.0 Å². The number of nitrogens with one attached hydrogen (secondary N) is 1. The number of anilines is 1. The van der Waals surface area contributed by atoms with Crippen molar-refractivity contribution in [2.24, 2.45) is 5.92 Å². The van der Waals surface area contributed by atoms with Gasteiger partial charge in [-0.3, -0.25) is 10.1 Å². The van der Waals surface area contributed by atoms with Gasteiger partial charge in [0.25, 0.3) is 0 Å². The van der Waals surface area contributed by atoms with E-state index in [2.05, 4.69) is 10.4 Å². The second kappa shape index (κ2) is 6.72. The molecule has 1 heterocycles. The van der Waals surface area contributed by atoms with E-state index in [4.69, 9.17) is 0 Å². The molecule has 6 nitrogen and oxygen atoms in total. The molecule has 0 saturated heterocycles. The quantitative estimate of drug-likeness (QED) is 0.471. The van der Waals surface area contributed by atoms with Crippen LogP contribution >= 0.6 is 0 Å². The van der Waals surface area contributed by atoms with E-state index in [0.717, 1.165) is 18.9 Å². The maximum Gasteiger partial charge on any atom is 0.333 e. The van der Waals surface area contributed by atoms with Crippen LogP contribution in [0.15, 0.2) is 0 Å². The number of nitrogens with zero attached hydrogens (tertiary/aromatic N) is 3. The molecule has 0 radical (unpaired) electrons. The molecule has 0 aliphatic heterocycles. The Hall–Kier alpha value is -1.59. The standard InChI is InChI=1S/C14H24N4O2/c1-3-17-14(13(18(19)20)11(2)16-17)15-10-6-9-12-7-4-5-8-12/h12,15H,3-10H2,1-2H3. The highest BCUT2D eigenvalue weighted by Crippen LogP contribution is 2.30. The third kappa shape index (κ3) is 3.29. The molecule has 2 rings (SSSR count). The minimum Gasteiger partial charge on any atom is -0.365 e. The van der Waals surface area contributed by atoms with Crippen LogP contribution in [0.4, 0.5) is 11.5 Å². The maximum absolute atomic E-state index is 11.1. The normalized spacial score (nSPS) is 15.7. The topological polar surface area (TPSA) is 73.0 Å². The van der Waals surface area contributed by atoms with E-state index in [1.807, 2.05) is 6.92 Å². The summed E-state index contributed by atoms with van der Waals surface area (Å²) in [5.74, 6) is 1.42. The molecule has 0 unspecified atom stereocenters. The Labute approximate surface area is 119 Å². The lowest BCUT2D eigenvalue weighted by Crippen LogP contribution is -2.10. The highest BCUT2D eigenvalue weighted by Gasteiger charge is 2.24. The van der Waals surface area contributed by atoms with Crippen LogP contribution in [-0.2, 0) is 6.54 Å². The zero-order chi connectivity index (χ0) is 14.5. The van der Waals surface area contributed by atoms with Gasteiger partial charge in [0.1, 0.15) is 5.69 Å². The fourth-order valence-corrected chi connectivity index (χ4v) is 3.09. The molecule has 0 atom stereocenters. The molecule has 0 spiro atoms. The van der Waals surface area contributed by atoms with E-state index >= 15 is 0 Å². The number of nitro groups is 1. The van der Waals surface area contributed by atoms with Crippen molar-refractivity contribution in [1.29, 1.82) is 0 Å². The molecule has 6 heteroatoms. The highest BCUT2D eigenvalue weighted by molar-refractivity contribution is 5.59. The summed E-state index contributed by atoms with van der Waals surface area (Å²) in [5.41, 5.74) is 0.600. The molecule has 0 aromatic carbocycles. The maximum atomic E-state index is 11.1. The number of hydrogen-bond acceptors (Lipinski definition) is 4. The van der Waals surface area contributed by atoms with Crippen LogP contribution in [0.3, 0.4) is 0 Å². The zero-order valence-corrected chi connectivity index (χ0v) is 12.4. The summed E-state index contributed by atoms with van der Waals surface area (Å²) >= 11 is 0. The first-order valence-electron chi connectivity index (χ1n) is 7.59. The van der Waals surface area contributed by atoms with Crippen LogP contribution in [0.1, 0.15) is 51.1 Å². The summed E-state index contributed by atoms with van der Waals surface area (Å²) in [6.45, 7) is 5.05. The van der Waals surface area contributed by atoms with Gasteiger partial charge in [-0.15, -0.1) is 0 Å². The Kier molecular flexibility index (Phi) is 4.98. The third-order valence-corrected chi connectivity index (χ3v) is 4.13. The van der Waals surface area contributed by atoms with E-state index in [9.17, 15) is 10.1 Å². The van der Waals surface area contributed by atoms with Crippen molar-refractivity contribution in [2.45, 2.75) is 58.9 Å². The largest absolute Gasteiger partial charge is 0.365 e. The Morgan fingerprint density at radius 1 is 1.45 bits per heavy atom. The Morgan fingerprint density at radius 2 is 2.15 bits per heavy atom. The molecule has 20 heavy (non-hydrogen) atoms. The summed E-state index contributed by atoms with van der Waals surface area (Å²) in [4.78, 5) is 10.8. The summed E-state index contributed by atoms with van der Waals surface area (Å²) in [6.07, 6.45) is 7.73. The van der Waals surface area contributed by atoms with Gasteiger partial charge in [-0.1, -0.05) is 25.7 Å². The fourth-order valence-electron chi connectivity index (χ4n) is 3.09. The van der Waals surface area contributed by atoms with Crippen LogP contribution in [0.5, 0.6) is 0 Å². The van der Waals surface area contributed by atoms with Gasteiger partial charge in [-0.05, 0) is 32.6 Å². The van der Waals surface area contributed by atoms with E-state index in [1.54, 1.807) is 11.6 Å². The van der Waals surface area contributed by atoms with Crippen molar-refractivity contribution >= 4 is 11.5 Å². The van der Waals surface area contributed by atoms with E-state index in [-0.39, 0.29) is 10.6 Å². The molecule has 1 aliphatic carbocycles. The molecule has 1 aliphatic rings. The summed E-state index contributed by atoms with van der Waals surface area (Å²) < 4.78 is 1.68. The number of rotatable bonds is 7. The lowest BCUT2D eigenvalue weighted by Gasteiger charge is -2.10. The fraction of sp³-hybridized carbons (Fsp3) is 0.786. The van der Waals surface area contributed by atoms with Crippen LogP contribution in [0.2, 0.25) is 0 Å². The Morgan fingerprint density at radius 3 is 2.75 bits per heavy atom. The van der Waals surface area contributed by atoms with E-state index in [1.165, 1.54) is 32.1 Å². The molecule has 1 fully saturated rings. The lowest BCUT2D eigenvalue weighted by atomic mass is 10.0. The van der Waals surface area contributed by atoms with Crippen molar-refractivity contribution in [1.82, 2.24) is 9.78 Å². The van der Waals surface area contributed by atoms with Gasteiger partial charge in [0.15, 0.2) is 0 Å². The molecule has 112 valence electrons. The summed E-state index contributed by atoms with van der Waals surface area (Å²) in [6, 6.07) is 0. The molecular formula is C14H24N4O2. The monoisotopic (exact) mass is 280 g/mol. The molecule has 1 N–H and O–H groups in total. The van der Waals surface area contributed by atoms with Crippen molar-refractivity contribution in [3.8, 4) is 0 Å². The molecule has 0 amide bonds. The third-order valence-electron chi connectivity index (χ3n) is 4.13. The van der Waals surface area contributed by atoms with E-state index in [0.29, 0.717) is 18.1 Å². The molecule has 1 saturated carbocycles. The lowest BCUT2D eigenvalue weighted by molar-refractivity contribution is -0.384. The van der Waals surface area contributed by atoms with Crippen molar-refractivity contribution < 1.29 is 4.92 Å². The Bertz CT molecular complexity index is 464. The first-order chi connectivity index (χ1) is 9.63. The SMILES string of the molecule is CCn1nc(C)c([N+](=O)[O-])c1NCCCC1CCCC1. The summed E-state index contributed by atoms with van der Waals surface area (Å²) in [7, 11) is 0. The van der Waals surface area contributed by atoms with Crippen molar-refractivity contribution in [3.05, 3.63) is 15.8 Å². The average molecular weight is 280 g/mol. The van der Waals surface area contributed by atoms with Gasteiger partial charge in [-0.2, -0.15) is 5.10 Å². The van der Waals surface area contributed by atoms with Gasteiger partial charge in [0.05, 0.1) is 4.92 Å². The van der Waals surface area contributed by atoms with Gasteiger partial charge in [0.2, 0.25) is 5.82 Å². The molecular weight excluding hydrogens is 256 g/mol. The van der Waals surface area contributed by atoms with Crippen molar-refractivity contribution in [2.75, 3.05) is 11.9 Å². The second-order valence-electron chi connectivity index (χ2n) is 5.57. The van der Waals surface area contributed by atoms with Gasteiger partial charge in [0, 0.05) is 13.1 Å². The van der Waals surface area contributed by atoms with Crippen LogP contribution in [-0.4, -0.2) is 21.2 Å². The predicted molar refractivity (Wildman–Crippen MR) is 79.0 cm³/mol. The molecule has 0 bridgehead atoms. The predicted octanol–water partition coefficient (Wildman–Crippen LogP) is 3.50. The van der Waals surface area contributed by atoms with Crippen LogP contribution < -0.4 is 5.32 Å². The minimum absolute atomic E-state index is 0.118. The van der Waals surface area contributed by atoms with Gasteiger partial charge < -0.3 is 5.32 Å². The molecule has 1 aromatic heterocycles. The zero-order valence-electron chi connectivity index (χ0n) is 12.4. The Balaban J connectivity index is 1.92. The first kappa shape index (κ1) is 14.8. The number of aromatic nitrogens is 2. The first-order valence-corrected chi connectivity index (χ1v) is 7.59. The smallest absolute Gasteiger partial charge is 0.333 e. The van der Waals surface area contributed by atoms with Gasteiger partial charge >= 0.3 is 5.69 Å². The number of aryl methyl sites for hydroxylation is 2. The van der Waals surface area contributed by atoms with Gasteiger partial charge in [-0.25, -0.2) is 4.68 Å². The minimum atomic E-state index is -0.339. The summed E-state index contributed by atoms with van der Waals surface area (Å²) in [5, 5.41) is 18.6. The van der Waals surface area contributed by atoms with Crippen LogP contribution in [0.25, 0.3) is 0 Å². The highest BCUT2D eigenvalue weighted by atomic mass is 16.6. The average Bonchev–Trinajstić information content (AvgIpc) is 3.01. The van der Waals surface area contributed by atoms with Crippen molar-refractivity contribution in [3.63, 3.8) is 0 Å².